The largest absolute Gasteiger partial charge is 0.315 e. The summed E-state index contributed by atoms with van der Waals surface area (Å²) in [5.74, 6) is 2.43. The van der Waals surface area contributed by atoms with Crippen LogP contribution in [0.25, 0.3) is 0 Å². The molecule has 0 aromatic carbocycles. The minimum atomic E-state index is 0.966. The third-order valence-electron chi connectivity index (χ3n) is 1.97. The molecule has 2 aliphatic heterocycles. The first kappa shape index (κ1) is 5.12. The van der Waals surface area contributed by atoms with Crippen molar-refractivity contribution >= 4 is 11.8 Å². The first-order valence-corrected chi connectivity index (χ1v) is 4.32. The fourth-order valence-corrected chi connectivity index (χ4v) is 2.96. The van der Waals surface area contributed by atoms with Gasteiger partial charge in [-0.2, -0.15) is 11.8 Å². The van der Waals surface area contributed by atoms with Crippen LogP contribution in [-0.2, 0) is 0 Å². The Morgan fingerprint density at radius 3 is 3.12 bits per heavy atom. The van der Waals surface area contributed by atoms with Crippen LogP contribution in [0.5, 0.6) is 0 Å². The summed E-state index contributed by atoms with van der Waals surface area (Å²) in [4.78, 5) is 0. The van der Waals surface area contributed by atoms with Gasteiger partial charge in [0.2, 0.25) is 0 Å². The lowest BCUT2D eigenvalue weighted by molar-refractivity contribution is 0.441. The van der Waals surface area contributed by atoms with Gasteiger partial charge in [-0.05, 0) is 24.6 Å². The van der Waals surface area contributed by atoms with E-state index in [2.05, 4.69) is 17.1 Å². The Labute approximate surface area is 54.2 Å². The number of nitrogens with one attached hydrogen (secondary N) is 1. The molecule has 2 aliphatic rings. The van der Waals surface area contributed by atoms with Crippen LogP contribution < -0.4 is 5.32 Å². The summed E-state index contributed by atoms with van der Waals surface area (Å²) in [6.07, 6.45) is 1.48. The first-order valence-electron chi connectivity index (χ1n) is 3.27. The van der Waals surface area contributed by atoms with E-state index < -0.39 is 0 Å². The van der Waals surface area contributed by atoms with Gasteiger partial charge in [-0.3, -0.25) is 0 Å². The fraction of sp³-hybridized carbons (Fsp3) is 1.00. The van der Waals surface area contributed by atoms with Crippen molar-refractivity contribution in [1.29, 1.82) is 0 Å². The Balaban J connectivity index is 2.03. The molecule has 2 fully saturated rings. The van der Waals surface area contributed by atoms with Crippen LogP contribution in [0, 0.1) is 5.92 Å². The zero-order valence-corrected chi connectivity index (χ0v) is 5.71. The van der Waals surface area contributed by atoms with Crippen molar-refractivity contribution < 1.29 is 0 Å². The molecule has 0 aromatic rings. The van der Waals surface area contributed by atoms with E-state index in [-0.39, 0.29) is 0 Å². The summed E-state index contributed by atoms with van der Waals surface area (Å²) in [6.45, 7) is 2.55. The predicted octanol–water partition coefficient (Wildman–Crippen LogP) is 0.711. The quantitative estimate of drug-likeness (QED) is 0.517. The maximum Gasteiger partial charge on any atom is 0.0175 e. The second-order valence-electron chi connectivity index (χ2n) is 2.72. The van der Waals surface area contributed by atoms with E-state index in [1.54, 1.807) is 0 Å². The fourth-order valence-electron chi connectivity index (χ4n) is 1.51. The van der Waals surface area contributed by atoms with Gasteiger partial charge in [0.15, 0.2) is 0 Å². The molecule has 0 amide bonds. The Morgan fingerprint density at radius 1 is 1.38 bits per heavy atom. The Morgan fingerprint density at radius 2 is 2.38 bits per heavy atom. The van der Waals surface area contributed by atoms with E-state index in [1.807, 2.05) is 0 Å². The van der Waals surface area contributed by atoms with Gasteiger partial charge in [0.05, 0.1) is 0 Å². The van der Waals surface area contributed by atoms with Crippen LogP contribution in [0.3, 0.4) is 0 Å². The molecule has 2 atom stereocenters. The number of hydrogen-bond donors (Lipinski definition) is 1. The monoisotopic (exact) mass is 129 g/mol. The lowest BCUT2D eigenvalue weighted by Crippen LogP contribution is -2.33. The lowest BCUT2D eigenvalue weighted by Gasteiger charge is -2.17. The summed E-state index contributed by atoms with van der Waals surface area (Å²) < 4.78 is 0. The molecule has 2 rings (SSSR count). The summed E-state index contributed by atoms with van der Waals surface area (Å²) in [5, 5.41) is 4.39. The average molecular weight is 129 g/mol. The molecule has 46 valence electrons. The van der Waals surface area contributed by atoms with Crippen molar-refractivity contribution in [3.63, 3.8) is 0 Å². The van der Waals surface area contributed by atoms with Crippen LogP contribution in [-0.4, -0.2) is 24.1 Å². The van der Waals surface area contributed by atoms with Gasteiger partial charge in [0.1, 0.15) is 0 Å². The average Bonchev–Trinajstić information content (AvgIpc) is 2.12. The lowest BCUT2D eigenvalue weighted by atomic mass is 10.0. The maximum absolute atomic E-state index is 3.43. The number of thioether (sulfide) groups is 1. The first-order chi connectivity index (χ1) is 3.95. The van der Waals surface area contributed by atoms with E-state index in [1.165, 1.54) is 25.3 Å². The third kappa shape index (κ3) is 0.759. The molecule has 0 radical (unpaired) electrons. The molecule has 2 saturated heterocycles. The number of piperidine rings is 1. The van der Waals surface area contributed by atoms with Crippen LogP contribution in [0.15, 0.2) is 0 Å². The van der Waals surface area contributed by atoms with Crippen molar-refractivity contribution in [2.24, 2.45) is 5.92 Å². The molecule has 0 spiro atoms. The minimum Gasteiger partial charge on any atom is -0.315 e. The highest BCUT2D eigenvalue weighted by Crippen LogP contribution is 2.32. The zero-order chi connectivity index (χ0) is 5.40. The van der Waals surface area contributed by atoms with Gasteiger partial charge in [0.25, 0.3) is 0 Å². The Kier molecular flexibility index (Phi) is 1.23. The second kappa shape index (κ2) is 1.92. The van der Waals surface area contributed by atoms with Crippen LogP contribution in [0.2, 0.25) is 0 Å². The van der Waals surface area contributed by atoms with Gasteiger partial charge in [-0.15, -0.1) is 0 Å². The Bertz CT molecular complexity index is 80.5. The maximum atomic E-state index is 3.43. The van der Waals surface area contributed by atoms with Crippen LogP contribution >= 0.6 is 11.8 Å². The van der Waals surface area contributed by atoms with E-state index in [0.29, 0.717) is 0 Å². The molecule has 2 unspecified atom stereocenters. The Hall–Kier alpha value is 0.310. The SMILES string of the molecule is C1NCC2CC1CS2. The van der Waals surface area contributed by atoms with Crippen LogP contribution in [0.4, 0.5) is 0 Å². The van der Waals surface area contributed by atoms with Crippen molar-refractivity contribution in [3.05, 3.63) is 0 Å². The van der Waals surface area contributed by atoms with Crippen LogP contribution in [0.1, 0.15) is 6.42 Å². The standard InChI is InChI=1S/C6H11NS/c1-5-2-7-3-6(1)8-4-5/h5-7H,1-4H2. The minimum absolute atomic E-state index is 0.966. The van der Waals surface area contributed by atoms with Gasteiger partial charge < -0.3 is 5.32 Å². The summed E-state index contributed by atoms with van der Waals surface area (Å²) in [6, 6.07) is 0. The van der Waals surface area contributed by atoms with Crippen molar-refractivity contribution in [2.45, 2.75) is 11.7 Å². The molecule has 0 aliphatic carbocycles. The van der Waals surface area contributed by atoms with E-state index in [0.717, 1.165) is 11.2 Å². The molecular formula is C6H11NS. The second-order valence-corrected chi connectivity index (χ2v) is 4.05. The van der Waals surface area contributed by atoms with E-state index >= 15 is 0 Å². The zero-order valence-electron chi connectivity index (χ0n) is 4.89. The molecule has 2 heterocycles. The highest BCUT2D eigenvalue weighted by atomic mass is 32.2. The molecule has 8 heavy (non-hydrogen) atoms. The molecule has 0 aromatic heterocycles. The normalized spacial score (nSPS) is 45.0. The molecule has 1 nitrogen and oxygen atoms in total. The summed E-state index contributed by atoms with van der Waals surface area (Å²) in [5.41, 5.74) is 0. The smallest absolute Gasteiger partial charge is 0.0175 e. The molecule has 2 bridgehead atoms. The van der Waals surface area contributed by atoms with E-state index in [9.17, 15) is 0 Å². The predicted molar refractivity (Wildman–Crippen MR) is 37.2 cm³/mol. The number of fused-ring (bicyclic) bond motifs is 2. The van der Waals surface area contributed by atoms with Gasteiger partial charge in [-0.25, -0.2) is 0 Å². The highest BCUT2D eigenvalue weighted by Gasteiger charge is 2.28. The van der Waals surface area contributed by atoms with Gasteiger partial charge in [0, 0.05) is 11.8 Å². The summed E-state index contributed by atoms with van der Waals surface area (Å²) >= 11 is 2.15. The highest BCUT2D eigenvalue weighted by molar-refractivity contribution is 8.00. The van der Waals surface area contributed by atoms with Crippen molar-refractivity contribution in [3.8, 4) is 0 Å². The molecule has 1 N–H and O–H groups in total. The summed E-state index contributed by atoms with van der Waals surface area (Å²) in [7, 11) is 0. The molecule has 2 heteroatoms. The topological polar surface area (TPSA) is 12.0 Å². The molecule has 0 saturated carbocycles. The van der Waals surface area contributed by atoms with Crippen molar-refractivity contribution in [1.82, 2.24) is 5.32 Å². The van der Waals surface area contributed by atoms with Gasteiger partial charge in [-0.1, -0.05) is 0 Å². The van der Waals surface area contributed by atoms with Gasteiger partial charge >= 0.3 is 0 Å². The van der Waals surface area contributed by atoms with Crippen molar-refractivity contribution in [2.75, 3.05) is 18.8 Å². The molecular weight excluding hydrogens is 118 g/mol. The number of rotatable bonds is 0. The van der Waals surface area contributed by atoms with E-state index in [4.69, 9.17) is 0 Å². The number of hydrogen-bond acceptors (Lipinski definition) is 2. The third-order valence-corrected chi connectivity index (χ3v) is 3.46.